The van der Waals surface area contributed by atoms with Crippen LogP contribution < -0.4 is 10.6 Å². The molecule has 0 atom stereocenters. The third-order valence-electron chi connectivity index (χ3n) is 2.68. The van der Waals surface area contributed by atoms with E-state index in [-0.39, 0.29) is 12.5 Å². The highest BCUT2D eigenvalue weighted by atomic mass is 32.1. The minimum atomic E-state index is -0.359. The maximum absolute atomic E-state index is 11.2. The standard InChI is InChI=1S/C14H18N4OS/c1-10(2)7-18(8-13(15)19)14-6-11(16-9-17-14)12-4-3-5-20-12/h3-6,9-10H,7-8H2,1-2H3,(H2,15,19). The Bertz CT molecular complexity index is 568. The zero-order valence-corrected chi connectivity index (χ0v) is 12.4. The van der Waals surface area contributed by atoms with Gasteiger partial charge in [-0.15, -0.1) is 11.3 Å². The summed E-state index contributed by atoms with van der Waals surface area (Å²) in [6.45, 7) is 5.08. The van der Waals surface area contributed by atoms with Gasteiger partial charge in [-0.1, -0.05) is 19.9 Å². The van der Waals surface area contributed by atoms with Crippen LogP contribution in [-0.4, -0.2) is 29.0 Å². The number of anilines is 1. The van der Waals surface area contributed by atoms with E-state index in [1.165, 1.54) is 6.33 Å². The van der Waals surface area contributed by atoms with Gasteiger partial charge in [-0.3, -0.25) is 4.79 Å². The lowest BCUT2D eigenvalue weighted by molar-refractivity contribution is -0.116. The highest BCUT2D eigenvalue weighted by Gasteiger charge is 2.14. The third-order valence-corrected chi connectivity index (χ3v) is 3.57. The second kappa shape index (κ2) is 6.47. The first-order chi connectivity index (χ1) is 9.56. The summed E-state index contributed by atoms with van der Waals surface area (Å²) in [5.41, 5.74) is 6.18. The summed E-state index contributed by atoms with van der Waals surface area (Å²) in [5.74, 6) is 0.785. The first kappa shape index (κ1) is 14.5. The molecule has 0 fully saturated rings. The van der Waals surface area contributed by atoms with Crippen molar-refractivity contribution in [3.63, 3.8) is 0 Å². The summed E-state index contributed by atoms with van der Waals surface area (Å²) in [4.78, 5) is 22.7. The number of nitrogens with two attached hydrogens (primary N) is 1. The van der Waals surface area contributed by atoms with Crippen LogP contribution in [0.4, 0.5) is 5.82 Å². The van der Waals surface area contributed by atoms with Crippen LogP contribution >= 0.6 is 11.3 Å². The van der Waals surface area contributed by atoms with Crippen molar-refractivity contribution in [2.24, 2.45) is 11.7 Å². The summed E-state index contributed by atoms with van der Waals surface area (Å²) >= 11 is 1.62. The van der Waals surface area contributed by atoms with Gasteiger partial charge in [0.1, 0.15) is 12.1 Å². The van der Waals surface area contributed by atoms with Crippen LogP contribution in [0.2, 0.25) is 0 Å². The number of nitrogens with zero attached hydrogens (tertiary/aromatic N) is 3. The molecule has 1 amide bonds. The molecule has 2 heterocycles. The molecule has 6 heteroatoms. The van der Waals surface area contributed by atoms with Gasteiger partial charge in [0.2, 0.25) is 5.91 Å². The van der Waals surface area contributed by atoms with Gasteiger partial charge >= 0.3 is 0 Å². The molecule has 0 spiro atoms. The second-order valence-corrected chi connectivity index (χ2v) is 5.93. The van der Waals surface area contributed by atoms with E-state index in [1.54, 1.807) is 11.3 Å². The van der Waals surface area contributed by atoms with Crippen LogP contribution in [-0.2, 0) is 4.79 Å². The summed E-state index contributed by atoms with van der Waals surface area (Å²) in [7, 11) is 0. The van der Waals surface area contributed by atoms with Gasteiger partial charge in [0, 0.05) is 12.6 Å². The van der Waals surface area contributed by atoms with E-state index >= 15 is 0 Å². The fourth-order valence-corrected chi connectivity index (χ4v) is 2.64. The quantitative estimate of drug-likeness (QED) is 0.885. The first-order valence-electron chi connectivity index (χ1n) is 6.45. The highest BCUT2D eigenvalue weighted by Crippen LogP contribution is 2.25. The topological polar surface area (TPSA) is 72.1 Å². The molecule has 2 N–H and O–H groups in total. The van der Waals surface area contributed by atoms with Gasteiger partial charge in [-0.05, 0) is 17.4 Å². The van der Waals surface area contributed by atoms with E-state index in [1.807, 2.05) is 28.5 Å². The van der Waals surface area contributed by atoms with Crippen LogP contribution in [0, 0.1) is 5.92 Å². The fourth-order valence-electron chi connectivity index (χ4n) is 1.95. The molecule has 0 bridgehead atoms. The molecule has 0 aliphatic heterocycles. The Morgan fingerprint density at radius 3 is 2.85 bits per heavy atom. The largest absolute Gasteiger partial charge is 0.368 e. The number of hydrogen-bond acceptors (Lipinski definition) is 5. The van der Waals surface area contributed by atoms with E-state index in [0.717, 1.165) is 22.9 Å². The summed E-state index contributed by atoms with van der Waals surface area (Å²) in [5, 5.41) is 2.01. The van der Waals surface area contributed by atoms with E-state index in [0.29, 0.717) is 5.92 Å². The lowest BCUT2D eigenvalue weighted by Crippen LogP contribution is -2.36. The molecule has 5 nitrogen and oxygen atoms in total. The van der Waals surface area contributed by atoms with Gasteiger partial charge in [-0.2, -0.15) is 0 Å². The maximum atomic E-state index is 11.2. The Morgan fingerprint density at radius 1 is 1.45 bits per heavy atom. The number of rotatable bonds is 6. The number of hydrogen-bond donors (Lipinski definition) is 1. The number of amides is 1. The predicted molar refractivity (Wildman–Crippen MR) is 81.6 cm³/mol. The molecule has 106 valence electrons. The highest BCUT2D eigenvalue weighted by molar-refractivity contribution is 7.13. The Kier molecular flexibility index (Phi) is 4.68. The number of aromatic nitrogens is 2. The summed E-state index contributed by atoms with van der Waals surface area (Å²) in [6, 6.07) is 5.89. The van der Waals surface area contributed by atoms with Crippen LogP contribution in [0.15, 0.2) is 29.9 Å². The summed E-state index contributed by atoms with van der Waals surface area (Å²) in [6.07, 6.45) is 1.53. The Labute approximate surface area is 122 Å². The van der Waals surface area contributed by atoms with E-state index in [4.69, 9.17) is 5.73 Å². The first-order valence-corrected chi connectivity index (χ1v) is 7.33. The average Bonchev–Trinajstić information content (AvgIpc) is 2.91. The molecule has 2 rings (SSSR count). The van der Waals surface area contributed by atoms with Crippen molar-refractivity contribution < 1.29 is 4.79 Å². The lowest BCUT2D eigenvalue weighted by atomic mass is 10.2. The van der Waals surface area contributed by atoms with E-state index in [9.17, 15) is 4.79 Å². The average molecular weight is 290 g/mol. The van der Waals surface area contributed by atoms with Crippen LogP contribution in [0.25, 0.3) is 10.6 Å². The third kappa shape index (κ3) is 3.77. The van der Waals surface area contributed by atoms with Crippen molar-refractivity contribution in [2.75, 3.05) is 18.0 Å². The van der Waals surface area contributed by atoms with Gasteiger partial charge in [0.15, 0.2) is 0 Å². The summed E-state index contributed by atoms with van der Waals surface area (Å²) < 4.78 is 0. The molecule has 0 aliphatic carbocycles. The maximum Gasteiger partial charge on any atom is 0.236 e. The van der Waals surface area contributed by atoms with Crippen molar-refractivity contribution in [3.8, 4) is 10.6 Å². The smallest absolute Gasteiger partial charge is 0.236 e. The molecule has 0 aliphatic rings. The normalized spacial score (nSPS) is 10.8. The Hall–Kier alpha value is -1.95. The van der Waals surface area contributed by atoms with Gasteiger partial charge < -0.3 is 10.6 Å². The van der Waals surface area contributed by atoms with Crippen molar-refractivity contribution in [1.29, 1.82) is 0 Å². The minimum absolute atomic E-state index is 0.166. The molecule has 0 radical (unpaired) electrons. The Morgan fingerprint density at radius 2 is 2.25 bits per heavy atom. The molecule has 2 aromatic rings. The van der Waals surface area contributed by atoms with Crippen LogP contribution in [0.3, 0.4) is 0 Å². The van der Waals surface area contributed by atoms with Crippen molar-refractivity contribution in [2.45, 2.75) is 13.8 Å². The Balaban J connectivity index is 2.28. The number of thiophene rings is 1. The number of carbonyl (C=O) groups is 1. The fraction of sp³-hybridized carbons (Fsp3) is 0.357. The van der Waals surface area contributed by atoms with E-state index in [2.05, 4.69) is 23.8 Å². The zero-order valence-electron chi connectivity index (χ0n) is 11.6. The minimum Gasteiger partial charge on any atom is -0.368 e. The molecule has 0 aromatic carbocycles. The van der Waals surface area contributed by atoms with Crippen molar-refractivity contribution in [3.05, 3.63) is 29.9 Å². The zero-order chi connectivity index (χ0) is 14.5. The number of carbonyl (C=O) groups excluding carboxylic acids is 1. The van der Waals surface area contributed by atoms with Crippen LogP contribution in [0.1, 0.15) is 13.8 Å². The van der Waals surface area contributed by atoms with Gasteiger partial charge in [0.25, 0.3) is 0 Å². The predicted octanol–water partition coefficient (Wildman–Crippen LogP) is 2.15. The molecular weight excluding hydrogens is 272 g/mol. The molecule has 0 saturated heterocycles. The van der Waals surface area contributed by atoms with E-state index < -0.39 is 0 Å². The SMILES string of the molecule is CC(C)CN(CC(N)=O)c1cc(-c2cccs2)ncn1. The van der Waals surface area contributed by atoms with Gasteiger partial charge in [0.05, 0.1) is 17.1 Å². The van der Waals surface area contributed by atoms with Crippen LogP contribution in [0.5, 0.6) is 0 Å². The monoisotopic (exact) mass is 290 g/mol. The molecular formula is C14H18N4OS. The number of primary amides is 1. The van der Waals surface area contributed by atoms with Gasteiger partial charge in [-0.25, -0.2) is 9.97 Å². The molecule has 0 saturated carbocycles. The second-order valence-electron chi connectivity index (χ2n) is 4.98. The molecule has 0 unspecified atom stereocenters. The lowest BCUT2D eigenvalue weighted by Gasteiger charge is -2.24. The van der Waals surface area contributed by atoms with Crippen molar-refractivity contribution in [1.82, 2.24) is 9.97 Å². The van der Waals surface area contributed by atoms with Crippen molar-refractivity contribution >= 4 is 23.1 Å². The molecule has 20 heavy (non-hydrogen) atoms. The molecule has 2 aromatic heterocycles.